The highest BCUT2D eigenvalue weighted by Gasteiger charge is 2.05. The summed E-state index contributed by atoms with van der Waals surface area (Å²) in [5, 5.41) is 1.50. The van der Waals surface area contributed by atoms with Crippen LogP contribution in [0.4, 0.5) is 5.69 Å². The van der Waals surface area contributed by atoms with Crippen LogP contribution in [0.25, 0.3) is 0 Å². The maximum absolute atomic E-state index is 6.21. The van der Waals surface area contributed by atoms with E-state index in [0.717, 1.165) is 9.92 Å². The van der Waals surface area contributed by atoms with Gasteiger partial charge in [0.1, 0.15) is 10.9 Å². The average molecular weight is 312 g/mol. The van der Waals surface area contributed by atoms with Crippen LogP contribution < -0.4 is 5.73 Å². The van der Waals surface area contributed by atoms with Crippen molar-refractivity contribution >= 4 is 46.5 Å². The first kappa shape index (κ1) is 14.2. The molecule has 0 saturated carbocycles. The van der Waals surface area contributed by atoms with Gasteiger partial charge in [0.15, 0.2) is 0 Å². The molecule has 0 radical (unpaired) electrons. The van der Waals surface area contributed by atoms with E-state index < -0.39 is 0 Å². The third-order valence-electron chi connectivity index (χ3n) is 2.18. The number of benzene rings is 1. The minimum Gasteiger partial charge on any atom is -0.386 e. The summed E-state index contributed by atoms with van der Waals surface area (Å²) in [6, 6.07) is 11.2. The fourth-order valence-electron chi connectivity index (χ4n) is 1.36. The molecule has 0 aliphatic heterocycles. The third kappa shape index (κ3) is 4.13. The maximum Gasteiger partial charge on any atom is 0.115 e. The van der Waals surface area contributed by atoms with Crippen LogP contribution in [0.15, 0.2) is 57.5 Å². The van der Waals surface area contributed by atoms with Gasteiger partial charge in [-0.3, -0.25) is 0 Å². The SMILES string of the molecule is NC(CCl)=Nc1ccc(Sc2ccccn2)c(Cl)c1. The second-order valence-corrected chi connectivity index (χ2v) is 5.36. The van der Waals surface area contributed by atoms with Crippen molar-refractivity contribution in [2.75, 3.05) is 5.88 Å². The van der Waals surface area contributed by atoms with Crippen molar-refractivity contribution in [2.24, 2.45) is 10.7 Å². The molecule has 98 valence electrons. The highest BCUT2D eigenvalue weighted by Crippen LogP contribution is 2.34. The monoisotopic (exact) mass is 311 g/mol. The molecular weight excluding hydrogens is 301 g/mol. The van der Waals surface area contributed by atoms with Crippen molar-refractivity contribution in [3.05, 3.63) is 47.6 Å². The quantitative estimate of drug-likeness (QED) is 0.525. The lowest BCUT2D eigenvalue weighted by Gasteiger charge is -2.04. The first-order valence-corrected chi connectivity index (χ1v) is 7.19. The number of aromatic nitrogens is 1. The standard InChI is InChI=1S/C13H11Cl2N3S/c14-8-12(16)18-9-4-5-11(10(15)7-9)19-13-3-1-2-6-17-13/h1-7H,8H2,(H2,16,18). The Hall–Kier alpha value is -1.23. The second kappa shape index (κ2) is 6.80. The minimum absolute atomic E-state index is 0.196. The fourth-order valence-corrected chi connectivity index (χ4v) is 2.49. The van der Waals surface area contributed by atoms with E-state index in [2.05, 4.69) is 9.98 Å². The zero-order valence-corrected chi connectivity index (χ0v) is 12.2. The predicted octanol–water partition coefficient (Wildman–Crippen LogP) is 4.11. The number of pyridine rings is 1. The normalized spacial score (nSPS) is 11.6. The smallest absolute Gasteiger partial charge is 0.115 e. The number of halogens is 2. The summed E-state index contributed by atoms with van der Waals surface area (Å²) < 4.78 is 0. The molecule has 1 heterocycles. The van der Waals surface area contributed by atoms with Crippen molar-refractivity contribution in [3.63, 3.8) is 0 Å². The predicted molar refractivity (Wildman–Crippen MR) is 81.8 cm³/mol. The van der Waals surface area contributed by atoms with Crippen LogP contribution in [0.5, 0.6) is 0 Å². The van der Waals surface area contributed by atoms with Crippen molar-refractivity contribution in [1.29, 1.82) is 0 Å². The van der Waals surface area contributed by atoms with Gasteiger partial charge in [-0.05, 0) is 30.3 Å². The van der Waals surface area contributed by atoms with Crippen LogP contribution >= 0.6 is 35.0 Å². The molecule has 0 saturated heterocycles. The topological polar surface area (TPSA) is 51.3 Å². The minimum atomic E-state index is 0.196. The summed E-state index contributed by atoms with van der Waals surface area (Å²) in [6.07, 6.45) is 1.75. The molecule has 0 atom stereocenters. The van der Waals surface area contributed by atoms with E-state index >= 15 is 0 Å². The van der Waals surface area contributed by atoms with Crippen LogP contribution in [-0.2, 0) is 0 Å². The number of hydrogen-bond acceptors (Lipinski definition) is 3. The van der Waals surface area contributed by atoms with Gasteiger partial charge in [-0.25, -0.2) is 9.98 Å². The Bertz CT molecular complexity index is 588. The molecule has 0 spiro atoms. The van der Waals surface area contributed by atoms with Crippen LogP contribution in [-0.4, -0.2) is 16.7 Å². The molecule has 0 aliphatic rings. The lowest BCUT2D eigenvalue weighted by atomic mass is 10.3. The van der Waals surface area contributed by atoms with Gasteiger partial charge in [-0.2, -0.15) is 0 Å². The average Bonchev–Trinajstić information content (AvgIpc) is 2.43. The molecule has 2 N–H and O–H groups in total. The van der Waals surface area contributed by atoms with Crippen LogP contribution in [0, 0.1) is 0 Å². The first-order valence-electron chi connectivity index (χ1n) is 5.46. The summed E-state index contributed by atoms with van der Waals surface area (Å²) in [4.78, 5) is 9.30. The summed E-state index contributed by atoms with van der Waals surface area (Å²) in [5.41, 5.74) is 6.26. The van der Waals surface area contributed by atoms with Crippen molar-refractivity contribution in [2.45, 2.75) is 9.92 Å². The number of nitrogens with two attached hydrogens (primary N) is 1. The second-order valence-electron chi connectivity index (χ2n) is 3.62. The van der Waals surface area contributed by atoms with E-state index in [0.29, 0.717) is 16.5 Å². The molecule has 1 aromatic carbocycles. The summed E-state index contributed by atoms with van der Waals surface area (Å²) >= 11 is 13.3. The summed E-state index contributed by atoms with van der Waals surface area (Å²) in [7, 11) is 0. The van der Waals surface area contributed by atoms with E-state index in [4.69, 9.17) is 28.9 Å². The molecule has 0 aliphatic carbocycles. The van der Waals surface area contributed by atoms with E-state index in [1.165, 1.54) is 11.8 Å². The van der Waals surface area contributed by atoms with Gasteiger partial charge in [0.2, 0.25) is 0 Å². The number of alkyl halides is 1. The van der Waals surface area contributed by atoms with Crippen LogP contribution in [0.3, 0.4) is 0 Å². The Morgan fingerprint density at radius 3 is 2.79 bits per heavy atom. The zero-order chi connectivity index (χ0) is 13.7. The highest BCUT2D eigenvalue weighted by molar-refractivity contribution is 7.99. The molecule has 0 unspecified atom stereocenters. The van der Waals surface area contributed by atoms with Gasteiger partial charge in [-0.1, -0.05) is 29.4 Å². The van der Waals surface area contributed by atoms with Crippen molar-refractivity contribution in [3.8, 4) is 0 Å². The number of nitrogens with zero attached hydrogens (tertiary/aromatic N) is 2. The van der Waals surface area contributed by atoms with Gasteiger partial charge in [0.05, 0.1) is 16.6 Å². The lowest BCUT2D eigenvalue weighted by Crippen LogP contribution is -2.12. The molecule has 6 heteroatoms. The fraction of sp³-hybridized carbons (Fsp3) is 0.0769. The Labute approximate surface area is 125 Å². The molecule has 0 amide bonds. The van der Waals surface area contributed by atoms with Crippen molar-refractivity contribution < 1.29 is 0 Å². The molecule has 0 fully saturated rings. The Balaban J connectivity index is 2.20. The molecule has 2 rings (SSSR count). The van der Waals surface area contributed by atoms with Gasteiger partial charge in [0.25, 0.3) is 0 Å². The Morgan fingerprint density at radius 1 is 1.32 bits per heavy atom. The molecule has 1 aromatic heterocycles. The number of aliphatic imine (C=N–C) groups is 1. The van der Waals surface area contributed by atoms with Crippen LogP contribution in [0.1, 0.15) is 0 Å². The van der Waals surface area contributed by atoms with Crippen molar-refractivity contribution in [1.82, 2.24) is 4.98 Å². The van der Waals surface area contributed by atoms with Gasteiger partial charge in [-0.15, -0.1) is 11.6 Å². The van der Waals surface area contributed by atoms with Gasteiger partial charge in [0, 0.05) is 11.1 Å². The highest BCUT2D eigenvalue weighted by atomic mass is 35.5. The number of hydrogen-bond donors (Lipinski definition) is 1. The van der Waals surface area contributed by atoms with E-state index in [1.54, 1.807) is 12.3 Å². The van der Waals surface area contributed by atoms with E-state index in [9.17, 15) is 0 Å². The summed E-state index contributed by atoms with van der Waals surface area (Å²) in [6.45, 7) is 0. The number of amidine groups is 1. The van der Waals surface area contributed by atoms with Gasteiger partial charge < -0.3 is 5.73 Å². The molecule has 19 heavy (non-hydrogen) atoms. The first-order chi connectivity index (χ1) is 9.19. The maximum atomic E-state index is 6.21. The Kier molecular flexibility index (Phi) is 5.07. The molecule has 2 aromatic rings. The van der Waals surface area contributed by atoms with Gasteiger partial charge >= 0.3 is 0 Å². The van der Waals surface area contributed by atoms with E-state index in [1.807, 2.05) is 30.3 Å². The largest absolute Gasteiger partial charge is 0.386 e. The number of rotatable bonds is 4. The summed E-state index contributed by atoms with van der Waals surface area (Å²) in [5.74, 6) is 0.560. The zero-order valence-electron chi connectivity index (χ0n) is 9.88. The molecule has 0 bridgehead atoms. The van der Waals surface area contributed by atoms with Crippen LogP contribution in [0.2, 0.25) is 5.02 Å². The lowest BCUT2D eigenvalue weighted by molar-refractivity contribution is 1.13. The van der Waals surface area contributed by atoms with E-state index in [-0.39, 0.29) is 5.88 Å². The molecular formula is C13H11Cl2N3S. The third-order valence-corrected chi connectivity index (χ3v) is 3.90. The molecule has 3 nitrogen and oxygen atoms in total. The Morgan fingerprint density at radius 2 is 2.16 bits per heavy atom.